The maximum Gasteiger partial charge on any atom is 0.295 e. The molecule has 16 heavy (non-hydrogen) atoms. The molecule has 1 aromatic carbocycles. The number of aryl methyl sites for hydroxylation is 1. The van der Waals surface area contributed by atoms with Gasteiger partial charge in [-0.3, -0.25) is 10.1 Å². The third-order valence-electron chi connectivity index (χ3n) is 2.09. The van der Waals surface area contributed by atoms with E-state index in [4.69, 9.17) is 5.73 Å². The molecule has 1 aromatic heterocycles. The van der Waals surface area contributed by atoms with E-state index in [1.807, 2.05) is 0 Å². The van der Waals surface area contributed by atoms with Gasteiger partial charge < -0.3 is 5.73 Å². The third kappa shape index (κ3) is 1.70. The van der Waals surface area contributed by atoms with Crippen LogP contribution in [-0.4, -0.2) is 19.9 Å². The van der Waals surface area contributed by atoms with Gasteiger partial charge in [-0.05, 0) is 18.6 Å². The molecule has 2 aromatic rings. The van der Waals surface area contributed by atoms with Crippen LogP contribution in [0.2, 0.25) is 0 Å². The second-order valence-electron chi connectivity index (χ2n) is 3.34. The molecule has 7 nitrogen and oxygen atoms in total. The smallest absolute Gasteiger partial charge is 0.295 e. The summed E-state index contributed by atoms with van der Waals surface area (Å²) in [5.74, 6) is 0.217. The number of hydrogen-bond donors (Lipinski definition) is 1. The number of hydrogen-bond acceptors (Lipinski definition) is 5. The molecule has 2 rings (SSSR count). The fraction of sp³-hybridized carbons (Fsp3) is 0.111. The van der Waals surface area contributed by atoms with Crippen molar-refractivity contribution in [2.24, 2.45) is 0 Å². The van der Waals surface area contributed by atoms with Gasteiger partial charge in [0.1, 0.15) is 5.69 Å². The monoisotopic (exact) mass is 219 g/mol. The van der Waals surface area contributed by atoms with Crippen molar-refractivity contribution in [1.29, 1.82) is 0 Å². The fourth-order valence-corrected chi connectivity index (χ4v) is 1.37. The SMILES string of the molecule is Cc1ccc(-n2cc(N)nn2)c([N+](=O)[O-])c1. The Hall–Kier alpha value is -2.44. The zero-order chi connectivity index (χ0) is 11.7. The minimum absolute atomic E-state index is 0.0232. The van der Waals surface area contributed by atoms with Gasteiger partial charge in [0.2, 0.25) is 0 Å². The predicted molar refractivity (Wildman–Crippen MR) is 57.2 cm³/mol. The number of nitrogens with zero attached hydrogens (tertiary/aromatic N) is 4. The zero-order valence-corrected chi connectivity index (χ0v) is 8.49. The van der Waals surface area contributed by atoms with E-state index >= 15 is 0 Å². The molecule has 0 saturated carbocycles. The largest absolute Gasteiger partial charge is 0.381 e. The molecule has 0 amide bonds. The summed E-state index contributed by atoms with van der Waals surface area (Å²) in [4.78, 5) is 10.4. The molecule has 0 aliphatic carbocycles. The van der Waals surface area contributed by atoms with E-state index in [1.54, 1.807) is 19.1 Å². The molecule has 2 N–H and O–H groups in total. The lowest BCUT2D eigenvalue weighted by atomic mass is 10.2. The highest BCUT2D eigenvalue weighted by Crippen LogP contribution is 2.23. The van der Waals surface area contributed by atoms with Crippen LogP contribution in [0.5, 0.6) is 0 Å². The molecule has 7 heteroatoms. The van der Waals surface area contributed by atoms with Gasteiger partial charge >= 0.3 is 0 Å². The van der Waals surface area contributed by atoms with Crippen LogP contribution in [0.4, 0.5) is 11.5 Å². The Morgan fingerprint density at radius 3 is 2.81 bits per heavy atom. The first kappa shape index (κ1) is 10.1. The summed E-state index contributed by atoms with van der Waals surface area (Å²) in [6.45, 7) is 1.78. The van der Waals surface area contributed by atoms with Crippen molar-refractivity contribution < 1.29 is 4.92 Å². The number of rotatable bonds is 2. The molecule has 0 atom stereocenters. The van der Waals surface area contributed by atoms with Gasteiger partial charge in [0.05, 0.1) is 11.1 Å². The van der Waals surface area contributed by atoms with Crippen molar-refractivity contribution in [3.05, 3.63) is 40.1 Å². The topological polar surface area (TPSA) is 99.9 Å². The Labute approximate surface area is 90.6 Å². The predicted octanol–water partition coefficient (Wildman–Crippen LogP) is 1.07. The molecule has 0 unspecified atom stereocenters. The normalized spacial score (nSPS) is 10.3. The molecule has 0 aliphatic rings. The van der Waals surface area contributed by atoms with E-state index in [9.17, 15) is 10.1 Å². The second-order valence-corrected chi connectivity index (χ2v) is 3.34. The third-order valence-corrected chi connectivity index (χ3v) is 2.09. The average Bonchev–Trinajstić information content (AvgIpc) is 2.64. The molecule has 0 aliphatic heterocycles. The average molecular weight is 219 g/mol. The number of aromatic nitrogens is 3. The number of nitrogens with two attached hydrogens (primary N) is 1. The summed E-state index contributed by atoms with van der Waals surface area (Å²) < 4.78 is 1.28. The van der Waals surface area contributed by atoms with E-state index in [1.165, 1.54) is 16.9 Å². The Morgan fingerprint density at radius 2 is 2.25 bits per heavy atom. The van der Waals surface area contributed by atoms with E-state index in [0.717, 1.165) is 5.56 Å². The molecule has 0 bridgehead atoms. The summed E-state index contributed by atoms with van der Waals surface area (Å²) in [5.41, 5.74) is 6.54. The minimum atomic E-state index is -0.458. The Kier molecular flexibility index (Phi) is 2.28. The molecular weight excluding hydrogens is 210 g/mol. The number of nitrogen functional groups attached to an aromatic ring is 1. The number of nitro benzene ring substituents is 1. The van der Waals surface area contributed by atoms with Crippen molar-refractivity contribution in [1.82, 2.24) is 15.0 Å². The van der Waals surface area contributed by atoms with Crippen molar-refractivity contribution in [3.8, 4) is 5.69 Å². The Morgan fingerprint density at radius 1 is 1.50 bits per heavy atom. The van der Waals surface area contributed by atoms with Crippen LogP contribution in [0.3, 0.4) is 0 Å². The first-order valence-corrected chi connectivity index (χ1v) is 4.51. The van der Waals surface area contributed by atoms with Crippen molar-refractivity contribution in [2.45, 2.75) is 6.92 Å². The van der Waals surface area contributed by atoms with Gasteiger partial charge in [0.15, 0.2) is 5.82 Å². The molecular formula is C9H9N5O2. The van der Waals surface area contributed by atoms with E-state index in [-0.39, 0.29) is 11.5 Å². The van der Waals surface area contributed by atoms with Gasteiger partial charge in [0, 0.05) is 6.07 Å². The Bertz CT molecular complexity index is 549. The lowest BCUT2D eigenvalue weighted by Gasteiger charge is -2.02. The van der Waals surface area contributed by atoms with E-state index in [0.29, 0.717) is 5.69 Å². The van der Waals surface area contributed by atoms with Crippen molar-refractivity contribution in [3.63, 3.8) is 0 Å². The van der Waals surface area contributed by atoms with Gasteiger partial charge in [-0.1, -0.05) is 11.3 Å². The Balaban J connectivity index is 2.60. The second kappa shape index (κ2) is 3.61. The van der Waals surface area contributed by atoms with Crippen LogP contribution in [-0.2, 0) is 0 Å². The summed E-state index contributed by atoms with van der Waals surface area (Å²) >= 11 is 0. The minimum Gasteiger partial charge on any atom is -0.381 e. The summed E-state index contributed by atoms with van der Waals surface area (Å²) in [5, 5.41) is 18.1. The summed E-state index contributed by atoms with van der Waals surface area (Å²) in [6.07, 6.45) is 1.43. The quantitative estimate of drug-likeness (QED) is 0.601. The van der Waals surface area contributed by atoms with Gasteiger partial charge in [-0.25, -0.2) is 4.68 Å². The molecule has 1 heterocycles. The molecule has 0 fully saturated rings. The van der Waals surface area contributed by atoms with Crippen molar-refractivity contribution >= 4 is 11.5 Å². The molecule has 0 saturated heterocycles. The molecule has 82 valence electrons. The lowest BCUT2D eigenvalue weighted by Crippen LogP contribution is -2.01. The highest BCUT2D eigenvalue weighted by Gasteiger charge is 2.16. The molecule has 0 radical (unpaired) electrons. The maximum atomic E-state index is 10.9. The number of benzene rings is 1. The van der Waals surface area contributed by atoms with Crippen molar-refractivity contribution in [2.75, 3.05) is 5.73 Å². The standard InChI is InChI=1S/C9H9N5O2/c1-6-2-3-7(8(4-6)14(15)16)13-5-9(10)11-12-13/h2-5H,10H2,1H3. The van der Waals surface area contributed by atoms with Gasteiger partial charge in [-0.15, -0.1) is 5.10 Å². The fourth-order valence-electron chi connectivity index (χ4n) is 1.37. The summed E-state index contributed by atoms with van der Waals surface area (Å²) in [7, 11) is 0. The number of anilines is 1. The summed E-state index contributed by atoms with van der Waals surface area (Å²) in [6, 6.07) is 4.86. The van der Waals surface area contributed by atoms with Crippen LogP contribution in [0.15, 0.2) is 24.4 Å². The first-order valence-electron chi connectivity index (χ1n) is 4.51. The maximum absolute atomic E-state index is 10.9. The molecule has 0 spiro atoms. The van der Waals surface area contributed by atoms with Crippen LogP contribution < -0.4 is 5.73 Å². The van der Waals surface area contributed by atoms with Crippen LogP contribution in [0.25, 0.3) is 5.69 Å². The van der Waals surface area contributed by atoms with E-state index < -0.39 is 4.92 Å². The van der Waals surface area contributed by atoms with E-state index in [2.05, 4.69) is 10.3 Å². The highest BCUT2D eigenvalue weighted by atomic mass is 16.6. The van der Waals surface area contributed by atoms with Crippen LogP contribution in [0.1, 0.15) is 5.56 Å². The van der Waals surface area contributed by atoms with Crippen LogP contribution in [0, 0.1) is 17.0 Å². The highest BCUT2D eigenvalue weighted by molar-refractivity contribution is 5.54. The number of nitro groups is 1. The first-order chi connectivity index (χ1) is 7.58. The van der Waals surface area contributed by atoms with Gasteiger partial charge in [-0.2, -0.15) is 0 Å². The zero-order valence-electron chi connectivity index (χ0n) is 8.49. The van der Waals surface area contributed by atoms with Gasteiger partial charge in [0.25, 0.3) is 5.69 Å². The van der Waals surface area contributed by atoms with Crippen LogP contribution >= 0.6 is 0 Å². The lowest BCUT2D eigenvalue weighted by molar-refractivity contribution is -0.384.